The maximum Gasteiger partial charge on any atom is 0.224 e. The summed E-state index contributed by atoms with van der Waals surface area (Å²) >= 11 is 0. The third-order valence-electron chi connectivity index (χ3n) is 3.91. The van der Waals surface area contributed by atoms with Gasteiger partial charge in [-0.15, -0.1) is 12.4 Å². The predicted molar refractivity (Wildman–Crippen MR) is 87.7 cm³/mol. The standard InChI is InChI=1S/C16H22N2O3.ClH/c19-16(6-4-14-2-1-8-20-14)18-13-3-5-15-12(10-13)11-17-7-9-21-15;/h3,5,10,14,17H,1-2,4,6-9,11H2,(H,18,19);1H. The maximum atomic E-state index is 12.0. The Hall–Kier alpha value is -1.30. The van der Waals surface area contributed by atoms with E-state index < -0.39 is 0 Å². The molecule has 0 saturated carbocycles. The number of carbonyl (C=O) groups is 1. The number of nitrogens with one attached hydrogen (secondary N) is 2. The molecule has 2 N–H and O–H groups in total. The molecule has 6 heteroatoms. The number of carbonyl (C=O) groups excluding carboxylic acids is 1. The fraction of sp³-hybridized carbons (Fsp3) is 0.562. The lowest BCUT2D eigenvalue weighted by molar-refractivity contribution is -0.116. The largest absolute Gasteiger partial charge is 0.492 e. The highest BCUT2D eigenvalue weighted by atomic mass is 35.5. The van der Waals surface area contributed by atoms with Crippen LogP contribution in [0.1, 0.15) is 31.2 Å². The summed E-state index contributed by atoms with van der Waals surface area (Å²) in [5.74, 6) is 0.949. The fourth-order valence-electron chi connectivity index (χ4n) is 2.78. The molecule has 22 heavy (non-hydrogen) atoms. The van der Waals surface area contributed by atoms with Crippen molar-refractivity contribution in [2.24, 2.45) is 0 Å². The Morgan fingerprint density at radius 1 is 1.36 bits per heavy atom. The van der Waals surface area contributed by atoms with Gasteiger partial charge in [0.05, 0.1) is 6.10 Å². The number of anilines is 1. The Labute approximate surface area is 137 Å². The van der Waals surface area contributed by atoms with E-state index in [1.54, 1.807) is 0 Å². The molecule has 0 aliphatic carbocycles. The second kappa shape index (κ2) is 8.36. The first-order chi connectivity index (χ1) is 10.3. The molecule has 1 atom stereocenters. The monoisotopic (exact) mass is 326 g/mol. The van der Waals surface area contributed by atoms with Gasteiger partial charge in [-0.05, 0) is 37.5 Å². The van der Waals surface area contributed by atoms with Gasteiger partial charge in [-0.3, -0.25) is 4.79 Å². The summed E-state index contributed by atoms with van der Waals surface area (Å²) < 4.78 is 11.2. The number of hydrogen-bond acceptors (Lipinski definition) is 4. The van der Waals surface area contributed by atoms with E-state index >= 15 is 0 Å². The molecule has 3 rings (SSSR count). The second-order valence-electron chi connectivity index (χ2n) is 5.57. The minimum atomic E-state index is 0. The first-order valence-corrected chi connectivity index (χ1v) is 7.69. The third kappa shape index (κ3) is 4.60. The zero-order valence-electron chi connectivity index (χ0n) is 12.6. The van der Waals surface area contributed by atoms with Gasteiger partial charge < -0.3 is 20.1 Å². The molecular formula is C16H23ClN2O3. The minimum Gasteiger partial charge on any atom is -0.492 e. The van der Waals surface area contributed by atoms with Gasteiger partial charge in [0.1, 0.15) is 12.4 Å². The number of amides is 1. The van der Waals surface area contributed by atoms with Crippen LogP contribution in [0.25, 0.3) is 0 Å². The molecule has 0 aromatic heterocycles. The van der Waals surface area contributed by atoms with Gasteiger partial charge >= 0.3 is 0 Å². The van der Waals surface area contributed by atoms with Crippen molar-refractivity contribution >= 4 is 24.0 Å². The smallest absolute Gasteiger partial charge is 0.224 e. The second-order valence-corrected chi connectivity index (χ2v) is 5.57. The molecule has 1 aromatic carbocycles. The van der Waals surface area contributed by atoms with E-state index in [0.717, 1.165) is 56.0 Å². The van der Waals surface area contributed by atoms with Crippen LogP contribution in [0, 0.1) is 0 Å². The van der Waals surface area contributed by atoms with Crippen molar-refractivity contribution < 1.29 is 14.3 Å². The number of benzene rings is 1. The van der Waals surface area contributed by atoms with Gasteiger partial charge in [-0.1, -0.05) is 0 Å². The summed E-state index contributed by atoms with van der Waals surface area (Å²) in [6.07, 6.45) is 3.78. The molecule has 1 fully saturated rings. The molecule has 5 nitrogen and oxygen atoms in total. The van der Waals surface area contributed by atoms with E-state index in [2.05, 4.69) is 10.6 Å². The maximum absolute atomic E-state index is 12.0. The highest BCUT2D eigenvalue weighted by Crippen LogP contribution is 2.24. The van der Waals surface area contributed by atoms with Crippen molar-refractivity contribution in [3.05, 3.63) is 23.8 Å². The average Bonchev–Trinajstić information content (AvgIpc) is 2.90. The van der Waals surface area contributed by atoms with Crippen molar-refractivity contribution in [2.75, 3.05) is 25.1 Å². The first-order valence-electron chi connectivity index (χ1n) is 7.69. The number of halogens is 1. The van der Waals surface area contributed by atoms with Crippen LogP contribution in [0.15, 0.2) is 18.2 Å². The molecule has 0 spiro atoms. The zero-order valence-corrected chi connectivity index (χ0v) is 13.4. The highest BCUT2D eigenvalue weighted by Gasteiger charge is 2.17. The summed E-state index contributed by atoms with van der Waals surface area (Å²) in [4.78, 5) is 12.0. The van der Waals surface area contributed by atoms with Gasteiger partial charge in [-0.25, -0.2) is 0 Å². The highest BCUT2D eigenvalue weighted by molar-refractivity contribution is 5.90. The molecule has 0 radical (unpaired) electrons. The first kappa shape index (κ1) is 17.1. The van der Waals surface area contributed by atoms with E-state index in [4.69, 9.17) is 9.47 Å². The minimum absolute atomic E-state index is 0. The Kier molecular flexibility index (Phi) is 6.49. The van der Waals surface area contributed by atoms with Gasteiger partial charge in [0.2, 0.25) is 5.91 Å². The Balaban J connectivity index is 0.00000176. The van der Waals surface area contributed by atoms with Gasteiger partial charge in [0.25, 0.3) is 0 Å². The molecule has 122 valence electrons. The number of ether oxygens (including phenoxy) is 2. The van der Waals surface area contributed by atoms with Crippen molar-refractivity contribution in [3.8, 4) is 5.75 Å². The normalized spacial score (nSPS) is 20.3. The molecule has 2 heterocycles. The van der Waals surface area contributed by atoms with Crippen molar-refractivity contribution in [1.29, 1.82) is 0 Å². The molecule has 1 saturated heterocycles. The van der Waals surface area contributed by atoms with Crippen LogP contribution in [0.2, 0.25) is 0 Å². The summed E-state index contributed by atoms with van der Waals surface area (Å²) in [5.41, 5.74) is 1.92. The van der Waals surface area contributed by atoms with E-state index in [9.17, 15) is 4.79 Å². The summed E-state index contributed by atoms with van der Waals surface area (Å²) in [6, 6.07) is 5.81. The van der Waals surface area contributed by atoms with E-state index in [-0.39, 0.29) is 24.4 Å². The Bertz CT molecular complexity index is 504. The van der Waals surface area contributed by atoms with Gasteiger partial charge in [-0.2, -0.15) is 0 Å². The van der Waals surface area contributed by atoms with Gasteiger partial charge in [0.15, 0.2) is 0 Å². The molecule has 2 aliphatic heterocycles. The summed E-state index contributed by atoms with van der Waals surface area (Å²) in [7, 11) is 0. The average molecular weight is 327 g/mol. The van der Waals surface area contributed by atoms with Crippen LogP contribution in [0.5, 0.6) is 5.75 Å². The summed E-state index contributed by atoms with van der Waals surface area (Å²) in [5, 5.41) is 6.25. The quantitative estimate of drug-likeness (QED) is 0.892. The van der Waals surface area contributed by atoms with Crippen LogP contribution in [-0.4, -0.2) is 31.8 Å². The predicted octanol–water partition coefficient (Wildman–Crippen LogP) is 2.49. The lowest BCUT2D eigenvalue weighted by atomic mass is 10.1. The van der Waals surface area contributed by atoms with Crippen molar-refractivity contribution in [2.45, 2.75) is 38.3 Å². The molecule has 1 unspecified atom stereocenters. The molecule has 1 aromatic rings. The Morgan fingerprint density at radius 2 is 2.27 bits per heavy atom. The lowest BCUT2D eigenvalue weighted by Gasteiger charge is -2.11. The van der Waals surface area contributed by atoms with Crippen molar-refractivity contribution in [3.63, 3.8) is 0 Å². The van der Waals surface area contributed by atoms with Crippen LogP contribution >= 0.6 is 12.4 Å². The number of hydrogen-bond donors (Lipinski definition) is 2. The van der Waals surface area contributed by atoms with Crippen LogP contribution in [-0.2, 0) is 16.1 Å². The molecular weight excluding hydrogens is 304 g/mol. The fourth-order valence-corrected chi connectivity index (χ4v) is 2.78. The topological polar surface area (TPSA) is 59.6 Å². The van der Waals surface area contributed by atoms with E-state index in [1.165, 1.54) is 0 Å². The third-order valence-corrected chi connectivity index (χ3v) is 3.91. The van der Waals surface area contributed by atoms with E-state index in [0.29, 0.717) is 13.0 Å². The van der Waals surface area contributed by atoms with E-state index in [1.807, 2.05) is 18.2 Å². The lowest BCUT2D eigenvalue weighted by Crippen LogP contribution is -2.16. The number of rotatable bonds is 4. The van der Waals surface area contributed by atoms with Crippen LogP contribution < -0.4 is 15.4 Å². The van der Waals surface area contributed by atoms with Crippen LogP contribution in [0.3, 0.4) is 0 Å². The molecule has 0 bridgehead atoms. The Morgan fingerprint density at radius 3 is 3.09 bits per heavy atom. The zero-order chi connectivity index (χ0) is 14.5. The summed E-state index contributed by atoms with van der Waals surface area (Å²) in [6.45, 7) is 3.14. The number of fused-ring (bicyclic) bond motifs is 1. The molecule has 2 aliphatic rings. The molecule has 1 amide bonds. The van der Waals surface area contributed by atoms with Crippen molar-refractivity contribution in [1.82, 2.24) is 5.32 Å². The SMILES string of the molecule is Cl.O=C(CCC1CCCO1)Nc1ccc2c(c1)CNCCO2. The van der Waals surface area contributed by atoms with Crippen LogP contribution in [0.4, 0.5) is 5.69 Å². The van der Waals surface area contributed by atoms with Gasteiger partial charge in [0, 0.05) is 37.4 Å².